The van der Waals surface area contributed by atoms with Crippen LogP contribution in [-0.4, -0.2) is 32.1 Å². The van der Waals surface area contributed by atoms with Crippen LogP contribution in [0.3, 0.4) is 0 Å². The van der Waals surface area contributed by atoms with Crippen LogP contribution in [0.15, 0.2) is 56.7 Å². The quantitative estimate of drug-likeness (QED) is 0.379. The maximum absolute atomic E-state index is 5.08. The molecule has 1 fully saturated rings. The number of para-hydroxylation sites is 1. The summed E-state index contributed by atoms with van der Waals surface area (Å²) in [5.41, 5.74) is 2.35. The zero-order valence-corrected chi connectivity index (χ0v) is 17.5. The predicted molar refractivity (Wildman–Crippen MR) is 112 cm³/mol. The normalized spacial score (nSPS) is 17.5. The summed E-state index contributed by atoms with van der Waals surface area (Å²) < 4.78 is 6.22. The molecule has 0 saturated carbocycles. The molecule has 0 bridgehead atoms. The van der Waals surface area contributed by atoms with Gasteiger partial charge in [0.1, 0.15) is 0 Å². The lowest BCUT2D eigenvalue weighted by Gasteiger charge is -2.21. The van der Waals surface area contributed by atoms with E-state index in [1.807, 2.05) is 12.1 Å². The van der Waals surface area contributed by atoms with Gasteiger partial charge >= 0.3 is 0 Å². The number of hydrogen-bond donors (Lipinski definition) is 2. The van der Waals surface area contributed by atoms with Gasteiger partial charge in [-0.05, 0) is 40.5 Å². The first-order valence-electron chi connectivity index (χ1n) is 7.74. The molecule has 0 amide bonds. The molecule has 1 aromatic carbocycles. The first-order chi connectivity index (χ1) is 11.3. The van der Waals surface area contributed by atoms with Gasteiger partial charge in [0.2, 0.25) is 0 Å². The van der Waals surface area contributed by atoms with Crippen LogP contribution in [0.4, 0.5) is 5.69 Å². The first-order valence-corrected chi connectivity index (χ1v) is 8.53. The summed E-state index contributed by atoms with van der Waals surface area (Å²) in [4.78, 5) is 6.70. The summed E-state index contributed by atoms with van der Waals surface area (Å²) in [6.07, 6.45) is 4.51. The van der Waals surface area contributed by atoms with Crippen molar-refractivity contribution in [3.8, 4) is 0 Å². The Hall–Kier alpha value is -1.22. The van der Waals surface area contributed by atoms with Gasteiger partial charge in [0.15, 0.2) is 5.96 Å². The van der Waals surface area contributed by atoms with Crippen molar-refractivity contribution < 1.29 is 4.42 Å². The first kappa shape index (κ1) is 19.1. The SMILES string of the molecule is CN=C(NCc1ccoc1)NC1CCN(c2ccccc2Br)C1.I. The fourth-order valence-corrected chi connectivity index (χ4v) is 3.31. The minimum atomic E-state index is 0. The molecule has 2 N–H and O–H groups in total. The molecule has 5 nitrogen and oxygen atoms in total. The lowest BCUT2D eigenvalue weighted by atomic mass is 10.2. The molecular weight excluding hydrogens is 483 g/mol. The second kappa shape index (κ2) is 9.31. The third-order valence-electron chi connectivity index (χ3n) is 3.99. The molecule has 24 heavy (non-hydrogen) atoms. The summed E-state index contributed by atoms with van der Waals surface area (Å²) in [7, 11) is 1.80. The molecule has 1 saturated heterocycles. The molecule has 130 valence electrons. The monoisotopic (exact) mass is 504 g/mol. The third-order valence-corrected chi connectivity index (χ3v) is 4.66. The van der Waals surface area contributed by atoms with Crippen LogP contribution < -0.4 is 15.5 Å². The Kier molecular flexibility index (Phi) is 7.41. The largest absolute Gasteiger partial charge is 0.472 e. The number of anilines is 1. The van der Waals surface area contributed by atoms with Crippen LogP contribution in [-0.2, 0) is 6.54 Å². The maximum atomic E-state index is 5.08. The predicted octanol–water partition coefficient (Wildman–Crippen LogP) is 3.60. The van der Waals surface area contributed by atoms with E-state index in [1.165, 1.54) is 5.69 Å². The van der Waals surface area contributed by atoms with Crippen molar-refractivity contribution in [1.29, 1.82) is 0 Å². The summed E-state index contributed by atoms with van der Waals surface area (Å²) >= 11 is 3.63. The highest BCUT2D eigenvalue weighted by atomic mass is 127. The number of hydrogen-bond acceptors (Lipinski definition) is 3. The second-order valence-electron chi connectivity index (χ2n) is 5.58. The van der Waals surface area contributed by atoms with E-state index in [-0.39, 0.29) is 24.0 Å². The van der Waals surface area contributed by atoms with Crippen LogP contribution in [0, 0.1) is 0 Å². The number of rotatable bonds is 4. The molecule has 1 unspecified atom stereocenters. The Balaban J connectivity index is 0.00000208. The van der Waals surface area contributed by atoms with Crippen molar-refractivity contribution in [1.82, 2.24) is 10.6 Å². The molecule has 1 atom stereocenters. The van der Waals surface area contributed by atoms with Crippen LogP contribution >= 0.6 is 39.9 Å². The highest BCUT2D eigenvalue weighted by molar-refractivity contribution is 14.0. The smallest absolute Gasteiger partial charge is 0.191 e. The van der Waals surface area contributed by atoms with Crippen molar-refractivity contribution in [2.75, 3.05) is 25.0 Å². The van der Waals surface area contributed by atoms with Gasteiger partial charge in [-0.15, -0.1) is 24.0 Å². The number of aliphatic imine (C=N–C) groups is 1. The molecule has 3 rings (SSSR count). The van der Waals surface area contributed by atoms with E-state index in [0.29, 0.717) is 12.6 Å². The molecule has 1 aliphatic rings. The third kappa shape index (κ3) is 4.89. The molecular formula is C17H22BrIN4O. The van der Waals surface area contributed by atoms with Gasteiger partial charge < -0.3 is 20.0 Å². The topological polar surface area (TPSA) is 52.8 Å². The summed E-state index contributed by atoms with van der Waals surface area (Å²) in [6, 6.07) is 10.7. The number of halogens is 2. The fourth-order valence-electron chi connectivity index (χ4n) is 2.77. The molecule has 2 aromatic rings. The fraction of sp³-hybridized carbons (Fsp3) is 0.353. The Morgan fingerprint density at radius 2 is 2.21 bits per heavy atom. The van der Waals surface area contributed by atoms with Crippen molar-refractivity contribution >= 4 is 51.6 Å². The number of benzene rings is 1. The van der Waals surface area contributed by atoms with E-state index in [9.17, 15) is 0 Å². The highest BCUT2D eigenvalue weighted by Gasteiger charge is 2.24. The number of furan rings is 1. The van der Waals surface area contributed by atoms with E-state index in [0.717, 1.165) is 35.5 Å². The molecule has 0 aliphatic carbocycles. The van der Waals surface area contributed by atoms with Crippen LogP contribution in [0.5, 0.6) is 0 Å². The zero-order chi connectivity index (χ0) is 16.1. The average Bonchev–Trinajstić information content (AvgIpc) is 3.23. The van der Waals surface area contributed by atoms with Gasteiger partial charge in [0, 0.05) is 42.8 Å². The molecule has 1 aromatic heterocycles. The van der Waals surface area contributed by atoms with Gasteiger partial charge in [-0.3, -0.25) is 4.99 Å². The van der Waals surface area contributed by atoms with Crippen LogP contribution in [0.25, 0.3) is 0 Å². The summed E-state index contributed by atoms with van der Waals surface area (Å²) in [6.45, 7) is 2.71. The number of nitrogens with zero attached hydrogens (tertiary/aromatic N) is 2. The van der Waals surface area contributed by atoms with E-state index < -0.39 is 0 Å². The highest BCUT2D eigenvalue weighted by Crippen LogP contribution is 2.28. The Morgan fingerprint density at radius 1 is 1.38 bits per heavy atom. The lowest BCUT2D eigenvalue weighted by Crippen LogP contribution is -2.44. The van der Waals surface area contributed by atoms with E-state index in [1.54, 1.807) is 19.6 Å². The van der Waals surface area contributed by atoms with Gasteiger partial charge in [0.05, 0.1) is 18.2 Å². The molecule has 2 heterocycles. The maximum Gasteiger partial charge on any atom is 0.191 e. The van der Waals surface area contributed by atoms with Crippen LogP contribution in [0.2, 0.25) is 0 Å². The van der Waals surface area contributed by atoms with Crippen molar-refractivity contribution in [3.63, 3.8) is 0 Å². The van der Waals surface area contributed by atoms with Gasteiger partial charge in [-0.1, -0.05) is 12.1 Å². The van der Waals surface area contributed by atoms with Crippen LogP contribution in [0.1, 0.15) is 12.0 Å². The van der Waals surface area contributed by atoms with Gasteiger partial charge in [0.25, 0.3) is 0 Å². The summed E-state index contributed by atoms with van der Waals surface area (Å²) in [5, 5.41) is 6.81. The molecule has 0 radical (unpaired) electrons. The minimum absolute atomic E-state index is 0. The number of guanidine groups is 1. The minimum Gasteiger partial charge on any atom is -0.472 e. The molecule has 7 heteroatoms. The average molecular weight is 505 g/mol. The van der Waals surface area contributed by atoms with Gasteiger partial charge in [-0.2, -0.15) is 0 Å². The Morgan fingerprint density at radius 3 is 2.92 bits per heavy atom. The Labute approximate surface area is 168 Å². The van der Waals surface area contributed by atoms with Crippen molar-refractivity contribution in [3.05, 3.63) is 52.9 Å². The summed E-state index contributed by atoms with van der Waals surface area (Å²) in [5.74, 6) is 0.824. The lowest BCUT2D eigenvalue weighted by molar-refractivity contribution is 0.562. The molecule has 1 aliphatic heterocycles. The van der Waals surface area contributed by atoms with Crippen molar-refractivity contribution in [2.45, 2.75) is 19.0 Å². The standard InChI is InChI=1S/C17H21BrN4O.HI/c1-19-17(20-10-13-7-9-23-12-13)21-14-6-8-22(11-14)16-5-3-2-4-15(16)18;/h2-5,7,9,12,14H,6,8,10-11H2,1H3,(H2,19,20,21);1H. The van der Waals surface area contributed by atoms with E-state index in [2.05, 4.69) is 54.7 Å². The van der Waals surface area contributed by atoms with Gasteiger partial charge in [-0.25, -0.2) is 0 Å². The molecule has 0 spiro atoms. The number of nitrogens with one attached hydrogen (secondary N) is 2. The van der Waals surface area contributed by atoms with E-state index in [4.69, 9.17) is 4.42 Å². The zero-order valence-electron chi connectivity index (χ0n) is 13.5. The Bertz CT molecular complexity index is 662. The van der Waals surface area contributed by atoms with Crippen molar-refractivity contribution in [2.24, 2.45) is 4.99 Å². The van der Waals surface area contributed by atoms with E-state index >= 15 is 0 Å². The second-order valence-corrected chi connectivity index (χ2v) is 6.44.